The van der Waals surface area contributed by atoms with Crippen LogP contribution in [-0.2, 0) is 4.74 Å². The first-order valence-electron chi connectivity index (χ1n) is 4.13. The van der Waals surface area contributed by atoms with Crippen molar-refractivity contribution in [2.24, 2.45) is 16.6 Å². The largest absolute Gasteiger partial charge is 0.388 e. The summed E-state index contributed by atoms with van der Waals surface area (Å²) in [6.07, 6.45) is 2.40. The number of nitrogens with two attached hydrogens (primary N) is 1. The van der Waals surface area contributed by atoms with Gasteiger partial charge in [-0.1, -0.05) is 0 Å². The maximum atomic E-state index is 5.42. The van der Waals surface area contributed by atoms with Gasteiger partial charge in [0.1, 0.15) is 0 Å². The Hall–Kier alpha value is -0.570. The van der Waals surface area contributed by atoms with Crippen molar-refractivity contribution in [3.05, 3.63) is 0 Å². The van der Waals surface area contributed by atoms with E-state index in [1.54, 1.807) is 0 Å². The lowest BCUT2D eigenvalue weighted by molar-refractivity contribution is 0.0582. The van der Waals surface area contributed by atoms with Crippen molar-refractivity contribution in [3.8, 4) is 0 Å². The van der Waals surface area contributed by atoms with Crippen LogP contribution in [0.2, 0.25) is 0 Å². The minimum atomic E-state index is 0.599. The summed E-state index contributed by atoms with van der Waals surface area (Å²) in [5.74, 6) is 1.28. The van der Waals surface area contributed by atoms with Crippen LogP contribution in [0.1, 0.15) is 19.8 Å². The lowest BCUT2D eigenvalue weighted by atomic mass is 10.0. The Morgan fingerprint density at radius 1 is 1.73 bits per heavy atom. The first-order valence-corrected chi connectivity index (χ1v) is 4.13. The predicted molar refractivity (Wildman–Crippen MR) is 45.7 cm³/mol. The zero-order valence-electron chi connectivity index (χ0n) is 7.05. The predicted octanol–water partition coefficient (Wildman–Crippen LogP) is 0.790. The van der Waals surface area contributed by atoms with E-state index in [4.69, 9.17) is 10.5 Å². The second-order valence-electron chi connectivity index (χ2n) is 3.07. The molecule has 0 aliphatic carbocycles. The maximum Gasteiger partial charge on any atom is 0.0905 e. The second-order valence-corrected chi connectivity index (χ2v) is 3.07. The van der Waals surface area contributed by atoms with Crippen LogP contribution in [0, 0.1) is 5.92 Å². The van der Waals surface area contributed by atoms with E-state index in [1.165, 1.54) is 12.8 Å². The number of amidine groups is 1. The zero-order chi connectivity index (χ0) is 8.10. The highest BCUT2D eigenvalue weighted by Crippen LogP contribution is 2.13. The van der Waals surface area contributed by atoms with Crippen LogP contribution in [0.3, 0.4) is 0 Å². The Labute approximate surface area is 67.6 Å². The third kappa shape index (κ3) is 3.37. The van der Waals surface area contributed by atoms with Crippen LogP contribution in [0.5, 0.6) is 0 Å². The van der Waals surface area contributed by atoms with Gasteiger partial charge in [-0.15, -0.1) is 0 Å². The highest BCUT2D eigenvalue weighted by atomic mass is 16.5. The molecule has 1 aliphatic rings. The number of nitrogens with zero attached hydrogens (tertiary/aromatic N) is 1. The van der Waals surface area contributed by atoms with Crippen molar-refractivity contribution in [1.82, 2.24) is 0 Å². The summed E-state index contributed by atoms with van der Waals surface area (Å²) in [7, 11) is 0. The van der Waals surface area contributed by atoms with E-state index in [0.717, 1.165) is 19.8 Å². The quantitative estimate of drug-likeness (QED) is 0.474. The van der Waals surface area contributed by atoms with Gasteiger partial charge in [0.2, 0.25) is 0 Å². The third-order valence-electron chi connectivity index (χ3n) is 1.85. The van der Waals surface area contributed by atoms with Crippen molar-refractivity contribution < 1.29 is 4.74 Å². The number of rotatable bonds is 2. The van der Waals surface area contributed by atoms with E-state index >= 15 is 0 Å². The molecule has 0 aromatic heterocycles. The number of hydrogen-bond acceptors (Lipinski definition) is 2. The normalized spacial score (nSPS) is 27.0. The first kappa shape index (κ1) is 8.53. The SMILES string of the molecule is CC(N)=NCC1CCCOC1. The van der Waals surface area contributed by atoms with Gasteiger partial charge in [0.05, 0.1) is 12.4 Å². The molecule has 0 bridgehead atoms. The molecule has 1 atom stereocenters. The molecule has 1 saturated heterocycles. The number of aliphatic imine (C=N–C) groups is 1. The number of hydrogen-bond donors (Lipinski definition) is 1. The van der Waals surface area contributed by atoms with Crippen LogP contribution >= 0.6 is 0 Å². The molecule has 1 aliphatic heterocycles. The average Bonchev–Trinajstić information content (AvgIpc) is 2.03. The van der Waals surface area contributed by atoms with Gasteiger partial charge in [0, 0.05) is 19.1 Å². The van der Waals surface area contributed by atoms with Gasteiger partial charge in [-0.25, -0.2) is 0 Å². The molecule has 1 heterocycles. The van der Waals surface area contributed by atoms with Crippen LogP contribution < -0.4 is 5.73 Å². The Morgan fingerprint density at radius 2 is 2.55 bits per heavy atom. The van der Waals surface area contributed by atoms with Gasteiger partial charge in [0.25, 0.3) is 0 Å². The molecule has 64 valence electrons. The molecule has 0 spiro atoms. The molecule has 2 N–H and O–H groups in total. The van der Waals surface area contributed by atoms with Crippen LogP contribution in [0.25, 0.3) is 0 Å². The fourth-order valence-electron chi connectivity index (χ4n) is 1.22. The van der Waals surface area contributed by atoms with Gasteiger partial charge in [-0.3, -0.25) is 4.99 Å². The van der Waals surface area contributed by atoms with Gasteiger partial charge >= 0.3 is 0 Å². The summed E-state index contributed by atoms with van der Waals surface area (Å²) in [5, 5.41) is 0. The molecule has 1 fully saturated rings. The summed E-state index contributed by atoms with van der Waals surface area (Å²) in [6.45, 7) is 4.44. The van der Waals surface area contributed by atoms with Gasteiger partial charge in [-0.2, -0.15) is 0 Å². The Morgan fingerprint density at radius 3 is 3.09 bits per heavy atom. The fraction of sp³-hybridized carbons (Fsp3) is 0.875. The van der Waals surface area contributed by atoms with Crippen molar-refractivity contribution in [2.75, 3.05) is 19.8 Å². The summed E-state index contributed by atoms with van der Waals surface area (Å²) in [6, 6.07) is 0. The monoisotopic (exact) mass is 156 g/mol. The van der Waals surface area contributed by atoms with E-state index in [0.29, 0.717) is 11.8 Å². The molecule has 11 heavy (non-hydrogen) atoms. The molecular formula is C8H16N2O. The molecule has 0 saturated carbocycles. The minimum Gasteiger partial charge on any atom is -0.388 e. The smallest absolute Gasteiger partial charge is 0.0905 e. The maximum absolute atomic E-state index is 5.42. The van der Waals surface area contributed by atoms with Crippen molar-refractivity contribution >= 4 is 5.84 Å². The third-order valence-corrected chi connectivity index (χ3v) is 1.85. The van der Waals surface area contributed by atoms with E-state index in [1.807, 2.05) is 6.92 Å². The average molecular weight is 156 g/mol. The van der Waals surface area contributed by atoms with Gasteiger partial charge in [-0.05, 0) is 19.8 Å². The standard InChI is InChI=1S/C8H16N2O/c1-7(9)10-5-8-3-2-4-11-6-8/h8H,2-6H2,1H3,(H2,9,10). The fourth-order valence-corrected chi connectivity index (χ4v) is 1.22. The second kappa shape index (κ2) is 4.34. The molecule has 0 aromatic rings. The Bertz CT molecular complexity index is 135. The van der Waals surface area contributed by atoms with E-state index in [9.17, 15) is 0 Å². The zero-order valence-corrected chi connectivity index (χ0v) is 7.05. The molecular weight excluding hydrogens is 140 g/mol. The van der Waals surface area contributed by atoms with Crippen LogP contribution in [-0.4, -0.2) is 25.6 Å². The molecule has 3 heteroatoms. The molecule has 1 rings (SSSR count). The van der Waals surface area contributed by atoms with Crippen LogP contribution in [0.4, 0.5) is 0 Å². The van der Waals surface area contributed by atoms with Gasteiger partial charge in [0.15, 0.2) is 0 Å². The van der Waals surface area contributed by atoms with Crippen molar-refractivity contribution in [1.29, 1.82) is 0 Å². The highest BCUT2D eigenvalue weighted by molar-refractivity contribution is 5.77. The van der Waals surface area contributed by atoms with E-state index in [-0.39, 0.29) is 0 Å². The number of ether oxygens (including phenoxy) is 1. The first-order chi connectivity index (χ1) is 5.29. The molecule has 0 amide bonds. The van der Waals surface area contributed by atoms with Crippen molar-refractivity contribution in [3.63, 3.8) is 0 Å². The van der Waals surface area contributed by atoms with E-state index in [2.05, 4.69) is 4.99 Å². The van der Waals surface area contributed by atoms with E-state index < -0.39 is 0 Å². The van der Waals surface area contributed by atoms with Crippen LogP contribution in [0.15, 0.2) is 4.99 Å². The summed E-state index contributed by atoms with van der Waals surface area (Å²) in [4.78, 5) is 4.16. The molecule has 1 unspecified atom stereocenters. The molecule has 0 aromatic carbocycles. The van der Waals surface area contributed by atoms with Gasteiger partial charge < -0.3 is 10.5 Å². The lowest BCUT2D eigenvalue weighted by Crippen LogP contribution is -2.21. The minimum absolute atomic E-state index is 0.599. The molecule has 0 radical (unpaired) electrons. The lowest BCUT2D eigenvalue weighted by Gasteiger charge is -2.19. The summed E-state index contributed by atoms with van der Waals surface area (Å²) in [5.41, 5.74) is 5.42. The summed E-state index contributed by atoms with van der Waals surface area (Å²) < 4.78 is 5.30. The molecule has 3 nitrogen and oxygen atoms in total. The Balaban J connectivity index is 2.19. The van der Waals surface area contributed by atoms with Crippen molar-refractivity contribution in [2.45, 2.75) is 19.8 Å². The topological polar surface area (TPSA) is 47.6 Å². The summed E-state index contributed by atoms with van der Waals surface area (Å²) >= 11 is 0. The Kier molecular flexibility index (Phi) is 3.36. The highest BCUT2D eigenvalue weighted by Gasteiger charge is 2.12.